The second-order valence-corrected chi connectivity index (χ2v) is 5.27. The Hall–Kier alpha value is 0.730. The normalized spacial score (nSPS) is 11.2. The molecule has 1 nitrogen and oxygen atoms in total. The Kier molecular flexibility index (Phi) is 14.5. The molecule has 0 heterocycles. The molecular formula is C13H29BrClN. The predicted octanol–water partition coefficient (Wildman–Crippen LogP) is 1.06. The van der Waals surface area contributed by atoms with Crippen molar-refractivity contribution in [3.05, 3.63) is 0 Å². The lowest BCUT2D eigenvalue weighted by atomic mass is 10.2. The van der Waals surface area contributed by atoms with Crippen LogP contribution in [0, 0.1) is 0 Å². The first-order valence-electron chi connectivity index (χ1n) is 6.58. The molecule has 0 rings (SSSR count). The van der Waals surface area contributed by atoms with Gasteiger partial charge >= 0.3 is 0 Å². The van der Waals surface area contributed by atoms with Crippen LogP contribution in [0.2, 0.25) is 0 Å². The maximum Gasteiger partial charge on any atom is 0.0784 e. The first kappa shape index (κ1) is 19.1. The number of rotatable bonds is 10. The molecule has 0 aliphatic carbocycles. The number of quaternary nitrogens is 1. The topological polar surface area (TPSA) is 0 Å². The lowest BCUT2D eigenvalue weighted by molar-refractivity contribution is -0.910. The summed E-state index contributed by atoms with van der Waals surface area (Å²) >= 11 is 5.73. The SMILES string of the molecule is CCCC[N+](C)(CCCC)CCCCCl.[Br-]. The van der Waals surface area contributed by atoms with Crippen LogP contribution in [0.3, 0.4) is 0 Å². The molecule has 0 radical (unpaired) electrons. The molecule has 3 heteroatoms. The van der Waals surface area contributed by atoms with Gasteiger partial charge in [-0.1, -0.05) is 26.7 Å². The van der Waals surface area contributed by atoms with E-state index in [9.17, 15) is 0 Å². The first-order valence-corrected chi connectivity index (χ1v) is 7.11. The van der Waals surface area contributed by atoms with Crippen LogP contribution in [0.1, 0.15) is 52.4 Å². The Bertz CT molecular complexity index is 134. The summed E-state index contributed by atoms with van der Waals surface area (Å²) in [6.07, 6.45) is 7.81. The number of alkyl halides is 1. The van der Waals surface area contributed by atoms with Gasteiger partial charge in [0.25, 0.3) is 0 Å². The highest BCUT2D eigenvalue weighted by Gasteiger charge is 2.19. The second-order valence-electron chi connectivity index (χ2n) is 4.89. The Morgan fingerprint density at radius 3 is 1.62 bits per heavy atom. The Morgan fingerprint density at radius 2 is 1.25 bits per heavy atom. The Morgan fingerprint density at radius 1 is 0.812 bits per heavy atom. The van der Waals surface area contributed by atoms with Crippen molar-refractivity contribution in [2.45, 2.75) is 52.4 Å². The monoisotopic (exact) mass is 313 g/mol. The van der Waals surface area contributed by atoms with Gasteiger partial charge in [0, 0.05) is 5.88 Å². The van der Waals surface area contributed by atoms with E-state index in [1.54, 1.807) is 0 Å². The number of hydrogen-bond donors (Lipinski definition) is 0. The Labute approximate surface area is 118 Å². The summed E-state index contributed by atoms with van der Waals surface area (Å²) in [6, 6.07) is 0. The van der Waals surface area contributed by atoms with Gasteiger partial charge in [0.2, 0.25) is 0 Å². The molecule has 100 valence electrons. The first-order chi connectivity index (χ1) is 7.18. The van der Waals surface area contributed by atoms with Crippen LogP contribution >= 0.6 is 11.6 Å². The molecule has 0 atom stereocenters. The molecule has 16 heavy (non-hydrogen) atoms. The third kappa shape index (κ3) is 9.92. The van der Waals surface area contributed by atoms with Crippen molar-refractivity contribution < 1.29 is 21.5 Å². The maximum absolute atomic E-state index is 5.73. The zero-order valence-electron chi connectivity index (χ0n) is 11.3. The van der Waals surface area contributed by atoms with E-state index >= 15 is 0 Å². The average Bonchev–Trinajstić information content (AvgIpc) is 2.24. The lowest BCUT2D eigenvalue weighted by Gasteiger charge is -2.34. The van der Waals surface area contributed by atoms with Gasteiger partial charge in [-0.25, -0.2) is 0 Å². The summed E-state index contributed by atoms with van der Waals surface area (Å²) in [6.45, 7) is 8.57. The van der Waals surface area contributed by atoms with Gasteiger partial charge in [-0.15, -0.1) is 11.6 Å². The summed E-state index contributed by atoms with van der Waals surface area (Å²) < 4.78 is 1.26. The largest absolute Gasteiger partial charge is 1.00 e. The predicted molar refractivity (Wildman–Crippen MR) is 70.6 cm³/mol. The zero-order valence-corrected chi connectivity index (χ0v) is 13.6. The highest BCUT2D eigenvalue weighted by atomic mass is 79.9. The molecule has 0 spiro atoms. The van der Waals surface area contributed by atoms with E-state index in [4.69, 9.17) is 11.6 Å². The number of nitrogens with zero attached hydrogens (tertiary/aromatic N) is 1. The number of hydrogen-bond acceptors (Lipinski definition) is 0. The molecule has 0 unspecified atom stereocenters. The van der Waals surface area contributed by atoms with Crippen molar-refractivity contribution in [2.75, 3.05) is 32.6 Å². The molecule has 0 saturated heterocycles. The lowest BCUT2D eigenvalue weighted by Crippen LogP contribution is -3.00. The molecule has 0 saturated carbocycles. The third-order valence-corrected chi connectivity index (χ3v) is 3.45. The van der Waals surface area contributed by atoms with E-state index in [2.05, 4.69) is 20.9 Å². The van der Waals surface area contributed by atoms with E-state index in [1.807, 2.05) is 0 Å². The fraction of sp³-hybridized carbons (Fsp3) is 1.00. The van der Waals surface area contributed by atoms with Gasteiger partial charge in [-0.2, -0.15) is 0 Å². The summed E-state index contributed by atoms with van der Waals surface area (Å²) in [7, 11) is 2.42. The van der Waals surface area contributed by atoms with Crippen LogP contribution < -0.4 is 17.0 Å². The van der Waals surface area contributed by atoms with Crippen LogP contribution in [0.25, 0.3) is 0 Å². The molecular weight excluding hydrogens is 286 g/mol. The minimum Gasteiger partial charge on any atom is -1.00 e. The van der Waals surface area contributed by atoms with Crippen molar-refractivity contribution in [3.63, 3.8) is 0 Å². The molecule has 0 amide bonds. The van der Waals surface area contributed by atoms with Crippen molar-refractivity contribution in [3.8, 4) is 0 Å². The quantitative estimate of drug-likeness (QED) is 0.321. The third-order valence-electron chi connectivity index (χ3n) is 3.18. The van der Waals surface area contributed by atoms with Crippen LogP contribution in [0.5, 0.6) is 0 Å². The molecule has 0 aromatic heterocycles. The molecule has 0 N–H and O–H groups in total. The van der Waals surface area contributed by atoms with Crippen LogP contribution in [0.15, 0.2) is 0 Å². The van der Waals surface area contributed by atoms with E-state index < -0.39 is 0 Å². The Balaban J connectivity index is 0. The zero-order chi connectivity index (χ0) is 11.6. The summed E-state index contributed by atoms with van der Waals surface area (Å²) in [4.78, 5) is 0. The molecule has 0 aromatic rings. The standard InChI is InChI=1S/C13H29ClN.BrH/c1-4-6-11-15(3,12-7-5-2)13-9-8-10-14;/h4-13H2,1-3H3;1H/q+1;/p-1. The van der Waals surface area contributed by atoms with Crippen LogP contribution in [0.4, 0.5) is 0 Å². The number of unbranched alkanes of at least 4 members (excludes halogenated alkanes) is 3. The van der Waals surface area contributed by atoms with Gasteiger partial charge in [0.15, 0.2) is 0 Å². The van der Waals surface area contributed by atoms with Gasteiger partial charge in [0.1, 0.15) is 0 Å². The summed E-state index contributed by atoms with van der Waals surface area (Å²) in [5.74, 6) is 0.821. The smallest absolute Gasteiger partial charge is 0.0784 e. The fourth-order valence-electron chi connectivity index (χ4n) is 2.00. The van der Waals surface area contributed by atoms with Gasteiger partial charge in [-0.05, 0) is 25.7 Å². The minimum atomic E-state index is 0. The number of halogens is 2. The van der Waals surface area contributed by atoms with Gasteiger partial charge in [-0.3, -0.25) is 0 Å². The van der Waals surface area contributed by atoms with E-state index in [0.29, 0.717) is 0 Å². The molecule has 0 aliphatic rings. The van der Waals surface area contributed by atoms with Crippen LogP contribution in [-0.2, 0) is 0 Å². The highest BCUT2D eigenvalue weighted by molar-refractivity contribution is 6.17. The highest BCUT2D eigenvalue weighted by Crippen LogP contribution is 2.11. The van der Waals surface area contributed by atoms with Crippen molar-refractivity contribution >= 4 is 11.6 Å². The fourth-order valence-corrected chi connectivity index (χ4v) is 2.19. The summed E-state index contributed by atoms with van der Waals surface area (Å²) in [5.41, 5.74) is 0. The van der Waals surface area contributed by atoms with Crippen LogP contribution in [-0.4, -0.2) is 37.0 Å². The van der Waals surface area contributed by atoms with Gasteiger partial charge < -0.3 is 21.5 Å². The van der Waals surface area contributed by atoms with Crippen molar-refractivity contribution in [1.29, 1.82) is 0 Å². The maximum atomic E-state index is 5.73. The molecule has 0 bridgehead atoms. The molecule has 0 aromatic carbocycles. The summed E-state index contributed by atoms with van der Waals surface area (Å²) in [5, 5.41) is 0. The van der Waals surface area contributed by atoms with E-state index in [0.717, 1.165) is 5.88 Å². The average molecular weight is 315 g/mol. The second kappa shape index (κ2) is 12.2. The molecule has 0 aliphatic heterocycles. The van der Waals surface area contributed by atoms with Gasteiger partial charge in [0.05, 0.1) is 26.7 Å². The molecule has 0 fully saturated rings. The van der Waals surface area contributed by atoms with Crippen molar-refractivity contribution in [1.82, 2.24) is 0 Å². The van der Waals surface area contributed by atoms with E-state index in [-0.39, 0.29) is 17.0 Å². The van der Waals surface area contributed by atoms with E-state index in [1.165, 1.54) is 62.6 Å². The minimum absolute atomic E-state index is 0. The van der Waals surface area contributed by atoms with Crippen molar-refractivity contribution in [2.24, 2.45) is 0 Å².